The van der Waals surface area contributed by atoms with Crippen LogP contribution in [0.25, 0.3) is 0 Å². The molecule has 0 radical (unpaired) electrons. The Morgan fingerprint density at radius 1 is 0.935 bits per heavy atom. The van der Waals surface area contributed by atoms with Crippen LogP contribution in [0, 0.1) is 17.8 Å². The van der Waals surface area contributed by atoms with E-state index >= 15 is 0 Å². The van der Waals surface area contributed by atoms with Gasteiger partial charge in [0.1, 0.15) is 0 Å². The Hall–Kier alpha value is -0.750. The highest BCUT2D eigenvalue weighted by Gasteiger charge is 2.47. The van der Waals surface area contributed by atoms with Gasteiger partial charge in [0.05, 0.1) is 12.6 Å². The average Bonchev–Trinajstić information content (AvgIpc) is 2.75. The molecule has 182 valence electrons. The molecule has 6 heteroatoms. The Morgan fingerprint density at radius 2 is 1.48 bits per heavy atom. The zero-order chi connectivity index (χ0) is 23.0. The maximum Gasteiger partial charge on any atom is 0.275 e. The van der Waals surface area contributed by atoms with Crippen molar-refractivity contribution in [3.05, 3.63) is 0 Å². The maximum absolute atomic E-state index is 14.8. The summed E-state index contributed by atoms with van der Waals surface area (Å²) in [5.74, 6) is -0.520. The van der Waals surface area contributed by atoms with Crippen molar-refractivity contribution in [2.45, 2.75) is 91.5 Å². The molecule has 3 fully saturated rings. The number of likely N-dealkylation sites (tertiary alicyclic amines) is 3. The first-order chi connectivity index (χ1) is 14.8. The number of hydrogen-bond donors (Lipinski definition) is 0. The molecule has 0 spiro atoms. The molecule has 0 aromatic heterocycles. The van der Waals surface area contributed by atoms with Crippen LogP contribution in [-0.2, 0) is 4.79 Å². The van der Waals surface area contributed by atoms with Crippen molar-refractivity contribution in [1.29, 1.82) is 0 Å². The summed E-state index contributed by atoms with van der Waals surface area (Å²) in [6.07, 6.45) is 6.73. The van der Waals surface area contributed by atoms with Crippen molar-refractivity contribution in [3.63, 3.8) is 0 Å². The van der Waals surface area contributed by atoms with Gasteiger partial charge in [0, 0.05) is 32.6 Å². The lowest BCUT2D eigenvalue weighted by Crippen LogP contribution is -2.60. The summed E-state index contributed by atoms with van der Waals surface area (Å²) >= 11 is 0. The van der Waals surface area contributed by atoms with Crippen molar-refractivity contribution >= 4 is 5.91 Å². The van der Waals surface area contributed by atoms with Crippen LogP contribution in [0.2, 0.25) is 0 Å². The highest BCUT2D eigenvalue weighted by Crippen LogP contribution is 2.36. The Morgan fingerprint density at radius 3 is 1.97 bits per heavy atom. The summed E-state index contributed by atoms with van der Waals surface area (Å²) in [5.41, 5.74) is 0. The first-order valence-electron chi connectivity index (χ1n) is 12.9. The summed E-state index contributed by atoms with van der Waals surface area (Å²) in [4.78, 5) is 17.9. The molecule has 31 heavy (non-hydrogen) atoms. The van der Waals surface area contributed by atoms with Crippen LogP contribution >= 0.6 is 0 Å². The zero-order valence-corrected chi connectivity index (χ0v) is 20.7. The molecule has 3 heterocycles. The van der Waals surface area contributed by atoms with E-state index in [0.29, 0.717) is 30.6 Å². The molecule has 0 aromatic rings. The Labute approximate surface area is 189 Å². The minimum absolute atomic E-state index is 0.0785. The number of carbonyl (C=O) groups excluding carboxylic acids is 1. The Balaban J connectivity index is 0.00000166. The zero-order valence-electron chi connectivity index (χ0n) is 20.7. The van der Waals surface area contributed by atoms with Gasteiger partial charge in [0.15, 0.2) is 0 Å². The second-order valence-corrected chi connectivity index (χ2v) is 10.1. The summed E-state index contributed by atoms with van der Waals surface area (Å²) in [6.45, 7) is 15.1. The van der Waals surface area contributed by atoms with Gasteiger partial charge in [-0.2, -0.15) is 0 Å². The fraction of sp³-hybridized carbons (Fsp3) is 0.960. The second kappa shape index (κ2) is 12.5. The predicted molar refractivity (Wildman–Crippen MR) is 124 cm³/mol. The number of alkyl halides is 2. The van der Waals surface area contributed by atoms with Gasteiger partial charge in [-0.05, 0) is 69.4 Å². The molecule has 1 unspecified atom stereocenters. The molecule has 0 aromatic carbocycles. The fourth-order valence-electron chi connectivity index (χ4n) is 5.73. The van der Waals surface area contributed by atoms with E-state index in [2.05, 4.69) is 18.7 Å². The summed E-state index contributed by atoms with van der Waals surface area (Å²) in [6, 6.07) is -0.574. The highest BCUT2D eigenvalue weighted by atomic mass is 19.3. The van der Waals surface area contributed by atoms with E-state index in [1.54, 1.807) is 0 Å². The number of carbonyl (C=O) groups is 1. The summed E-state index contributed by atoms with van der Waals surface area (Å²) in [7, 11) is 0. The highest BCUT2D eigenvalue weighted by molar-refractivity contribution is 5.75. The molecule has 0 aliphatic carbocycles. The van der Waals surface area contributed by atoms with Crippen LogP contribution < -0.4 is 0 Å². The molecule has 0 N–H and O–H groups in total. The van der Waals surface area contributed by atoms with E-state index in [1.807, 2.05) is 30.6 Å². The second-order valence-electron chi connectivity index (χ2n) is 10.1. The summed E-state index contributed by atoms with van der Waals surface area (Å²) < 4.78 is 29.7. The maximum atomic E-state index is 14.8. The molecule has 4 nitrogen and oxygen atoms in total. The lowest BCUT2D eigenvalue weighted by molar-refractivity contribution is -0.134. The van der Waals surface area contributed by atoms with E-state index < -0.39 is 12.0 Å². The lowest BCUT2D eigenvalue weighted by Gasteiger charge is -2.46. The summed E-state index contributed by atoms with van der Waals surface area (Å²) in [5, 5.41) is 0. The van der Waals surface area contributed by atoms with Gasteiger partial charge in [-0.25, -0.2) is 8.78 Å². The van der Waals surface area contributed by atoms with Crippen molar-refractivity contribution in [3.8, 4) is 0 Å². The third kappa shape index (κ3) is 7.66. The lowest BCUT2D eigenvalue weighted by atomic mass is 9.82. The van der Waals surface area contributed by atoms with Gasteiger partial charge in [-0.15, -0.1) is 0 Å². The number of hydrogen-bond acceptors (Lipinski definition) is 3. The van der Waals surface area contributed by atoms with E-state index in [-0.39, 0.29) is 12.5 Å². The van der Waals surface area contributed by atoms with E-state index in [9.17, 15) is 13.6 Å². The van der Waals surface area contributed by atoms with Crippen LogP contribution in [0.3, 0.4) is 0 Å². The van der Waals surface area contributed by atoms with Crippen LogP contribution in [0.1, 0.15) is 79.6 Å². The topological polar surface area (TPSA) is 26.8 Å². The normalized spacial score (nSPS) is 26.6. The minimum atomic E-state index is -2.60. The average molecular weight is 444 g/mol. The first kappa shape index (κ1) is 26.5. The van der Waals surface area contributed by atoms with Crippen molar-refractivity contribution < 1.29 is 13.6 Å². The van der Waals surface area contributed by atoms with Gasteiger partial charge in [0.2, 0.25) is 5.91 Å². The number of nitrogens with zero attached hydrogens (tertiary/aromatic N) is 3. The molecule has 3 aliphatic rings. The van der Waals surface area contributed by atoms with Gasteiger partial charge in [-0.3, -0.25) is 14.6 Å². The molecule has 1 amide bonds. The molecule has 3 saturated heterocycles. The quantitative estimate of drug-likeness (QED) is 0.569. The minimum Gasteiger partial charge on any atom is -0.343 e. The van der Waals surface area contributed by atoms with Gasteiger partial charge in [-0.1, -0.05) is 34.6 Å². The molecular formula is C25H47F2N3O. The van der Waals surface area contributed by atoms with Crippen molar-refractivity contribution in [1.82, 2.24) is 14.7 Å². The van der Waals surface area contributed by atoms with Crippen LogP contribution in [0.4, 0.5) is 8.78 Å². The van der Waals surface area contributed by atoms with Crippen molar-refractivity contribution in [2.24, 2.45) is 17.8 Å². The Kier molecular flexibility index (Phi) is 10.7. The van der Waals surface area contributed by atoms with E-state index in [0.717, 1.165) is 65.0 Å². The number of amides is 1. The van der Waals surface area contributed by atoms with Gasteiger partial charge >= 0.3 is 0 Å². The standard InChI is InChI=1S/C23H41F2N3O.C2H6/c1-4-22(29)28-13-7-20(8-14-28)15-19-5-11-27(12-6-19)21-9-10-26(16-18(2)3)17-23(21,24)25;1-2/h18-21H,4-17H2,1-3H3;1-2H3. The molecule has 3 rings (SSSR count). The predicted octanol–water partition coefficient (Wildman–Crippen LogP) is 5.13. The number of halogens is 2. The van der Waals surface area contributed by atoms with Gasteiger partial charge < -0.3 is 4.90 Å². The number of rotatable bonds is 6. The van der Waals surface area contributed by atoms with E-state index in [4.69, 9.17) is 0 Å². The number of piperidine rings is 3. The van der Waals surface area contributed by atoms with Crippen LogP contribution in [-0.4, -0.2) is 78.4 Å². The third-order valence-corrected chi connectivity index (χ3v) is 7.29. The molecule has 3 aliphatic heterocycles. The Bertz CT molecular complexity index is 527. The molecule has 0 saturated carbocycles. The molecule has 0 bridgehead atoms. The van der Waals surface area contributed by atoms with Crippen LogP contribution in [0.5, 0.6) is 0 Å². The largest absolute Gasteiger partial charge is 0.343 e. The first-order valence-corrected chi connectivity index (χ1v) is 12.9. The smallest absolute Gasteiger partial charge is 0.275 e. The van der Waals surface area contributed by atoms with Gasteiger partial charge in [0.25, 0.3) is 5.92 Å². The van der Waals surface area contributed by atoms with Crippen LogP contribution in [0.15, 0.2) is 0 Å². The molecule has 1 atom stereocenters. The molecular weight excluding hydrogens is 396 g/mol. The third-order valence-electron chi connectivity index (χ3n) is 7.29. The SMILES string of the molecule is CC.CCC(=O)N1CCC(CC2CCN(C3CCN(CC(C)C)CC3(F)F)CC2)CC1. The van der Waals surface area contributed by atoms with Crippen molar-refractivity contribution in [2.75, 3.05) is 45.8 Å². The monoisotopic (exact) mass is 443 g/mol. The fourth-order valence-corrected chi connectivity index (χ4v) is 5.73. The van der Waals surface area contributed by atoms with E-state index in [1.165, 1.54) is 6.42 Å².